The Hall–Kier alpha value is -3.16. The van der Waals surface area contributed by atoms with Crippen molar-refractivity contribution in [2.45, 2.75) is 57.5 Å². The van der Waals surface area contributed by atoms with Crippen LogP contribution in [0.4, 0.5) is 13.2 Å². The normalized spacial score (nSPS) is 26.9. The first-order valence-corrected chi connectivity index (χ1v) is 12.4. The minimum atomic E-state index is -4.42. The van der Waals surface area contributed by atoms with Gasteiger partial charge in [0.1, 0.15) is 0 Å². The molecule has 5 rings (SSSR count). The highest BCUT2D eigenvalue weighted by Crippen LogP contribution is 2.63. The average Bonchev–Trinajstić information content (AvgIpc) is 3.20. The van der Waals surface area contributed by atoms with Gasteiger partial charge in [-0.1, -0.05) is 19.1 Å². The van der Waals surface area contributed by atoms with Crippen molar-refractivity contribution in [2.24, 2.45) is 17.3 Å². The van der Waals surface area contributed by atoms with Gasteiger partial charge in [0.25, 0.3) is 5.91 Å². The van der Waals surface area contributed by atoms with Gasteiger partial charge in [-0.05, 0) is 95.7 Å². The maximum Gasteiger partial charge on any atom is 0.417 e. The summed E-state index contributed by atoms with van der Waals surface area (Å²) in [6, 6.07) is 7.03. The first-order valence-electron chi connectivity index (χ1n) is 12.4. The number of hydrogen-bond donors (Lipinski definition) is 2. The molecule has 0 aliphatic heterocycles. The Kier molecular flexibility index (Phi) is 6.17. The van der Waals surface area contributed by atoms with E-state index in [1.807, 2.05) is 18.2 Å². The number of nitrogens with zero attached hydrogens (tertiary/aromatic N) is 1. The number of alkyl halides is 3. The molecule has 1 aromatic heterocycles. The average molecular weight is 499 g/mol. The number of allylic oxidation sites excluding steroid dienone is 2. The van der Waals surface area contributed by atoms with Crippen molar-refractivity contribution in [3.63, 3.8) is 0 Å². The molecule has 2 aromatic rings. The Morgan fingerprint density at radius 1 is 1.19 bits per heavy atom. The molecule has 0 radical (unpaired) electrons. The standard InChI is InChI=1S/C28H29F3N2O3/c1-27-10-8-21-20-4-3-17(26(36)33-11-9-25(34)35)12-16(20)2-5-22(21)24(27)7-6-23(27)18-13-19(15-32-14-18)28(29,30)31/h3-4,6,12-15,21-22,24H,2,5,7-11H2,1H3,(H,33,36)(H,34,35)/t21-,22-,24+,27-/m1/s1. The number of halogens is 3. The minimum Gasteiger partial charge on any atom is -0.481 e. The van der Waals surface area contributed by atoms with Gasteiger partial charge < -0.3 is 10.4 Å². The van der Waals surface area contributed by atoms with Crippen molar-refractivity contribution < 1.29 is 27.9 Å². The molecule has 0 unspecified atom stereocenters. The van der Waals surface area contributed by atoms with Crippen LogP contribution in [0.2, 0.25) is 0 Å². The summed E-state index contributed by atoms with van der Waals surface area (Å²) < 4.78 is 39.9. The molecule has 4 atom stereocenters. The van der Waals surface area contributed by atoms with Gasteiger partial charge in [0, 0.05) is 24.5 Å². The van der Waals surface area contributed by atoms with Gasteiger partial charge in [-0.15, -0.1) is 0 Å². The number of carboxylic acid groups (broad SMARTS) is 1. The van der Waals surface area contributed by atoms with Crippen LogP contribution in [0.25, 0.3) is 5.57 Å². The van der Waals surface area contributed by atoms with Crippen molar-refractivity contribution >= 4 is 17.4 Å². The fourth-order valence-electron chi connectivity index (χ4n) is 6.87. The predicted octanol–water partition coefficient (Wildman–Crippen LogP) is 5.85. The van der Waals surface area contributed by atoms with Crippen LogP contribution < -0.4 is 5.32 Å². The second-order valence-corrected chi connectivity index (χ2v) is 10.5. The van der Waals surface area contributed by atoms with E-state index in [0.29, 0.717) is 28.9 Å². The summed E-state index contributed by atoms with van der Waals surface area (Å²) in [6.07, 6.45) is 4.54. The SMILES string of the molecule is C[C@]12CC[C@@H]3c4ccc(C(=O)NCCC(=O)O)cc4CC[C@H]3[C@@H]1CC=C2c1cncc(C(F)(F)F)c1. The molecule has 2 N–H and O–H groups in total. The molecule has 1 aromatic carbocycles. The van der Waals surface area contributed by atoms with Crippen molar-refractivity contribution in [3.8, 4) is 0 Å². The summed E-state index contributed by atoms with van der Waals surface area (Å²) in [5.41, 5.74) is 3.64. The third-order valence-corrected chi connectivity index (χ3v) is 8.57. The van der Waals surface area contributed by atoms with E-state index in [-0.39, 0.29) is 24.3 Å². The summed E-state index contributed by atoms with van der Waals surface area (Å²) in [6.45, 7) is 2.29. The van der Waals surface area contributed by atoms with Crippen molar-refractivity contribution in [1.29, 1.82) is 0 Å². The lowest BCUT2D eigenvalue weighted by atomic mass is 9.54. The highest BCUT2D eigenvalue weighted by Gasteiger charge is 2.52. The number of carbonyl (C=O) groups excluding carboxylic acids is 1. The van der Waals surface area contributed by atoms with Gasteiger partial charge >= 0.3 is 12.1 Å². The molecule has 5 nitrogen and oxygen atoms in total. The summed E-state index contributed by atoms with van der Waals surface area (Å²) in [5.74, 6) is -0.0723. The molecular formula is C28H29F3N2O3. The Morgan fingerprint density at radius 3 is 2.75 bits per heavy atom. The van der Waals surface area contributed by atoms with Gasteiger partial charge in [-0.2, -0.15) is 13.2 Å². The first kappa shape index (κ1) is 24.5. The van der Waals surface area contributed by atoms with Crippen LogP contribution in [-0.2, 0) is 17.4 Å². The van der Waals surface area contributed by atoms with Crippen LogP contribution in [0.5, 0.6) is 0 Å². The van der Waals surface area contributed by atoms with E-state index in [0.717, 1.165) is 43.9 Å². The summed E-state index contributed by atoms with van der Waals surface area (Å²) in [4.78, 5) is 27.1. The van der Waals surface area contributed by atoms with Crippen molar-refractivity contribution in [1.82, 2.24) is 10.3 Å². The number of benzene rings is 1. The topological polar surface area (TPSA) is 79.3 Å². The lowest BCUT2D eigenvalue weighted by Gasteiger charge is -2.50. The molecule has 190 valence electrons. The fourth-order valence-corrected chi connectivity index (χ4v) is 6.87. The lowest BCUT2D eigenvalue weighted by Crippen LogP contribution is -2.41. The number of aromatic nitrogens is 1. The van der Waals surface area contributed by atoms with Crippen molar-refractivity contribution in [2.75, 3.05) is 6.54 Å². The van der Waals surface area contributed by atoms with Gasteiger partial charge in [0.15, 0.2) is 0 Å². The van der Waals surface area contributed by atoms with Crippen molar-refractivity contribution in [3.05, 3.63) is 70.6 Å². The second-order valence-electron chi connectivity index (χ2n) is 10.5. The minimum absolute atomic E-state index is 0.0902. The van der Waals surface area contributed by atoms with E-state index in [2.05, 4.69) is 23.3 Å². The smallest absolute Gasteiger partial charge is 0.417 e. The molecule has 36 heavy (non-hydrogen) atoms. The Labute approximate surface area is 207 Å². The van der Waals surface area contributed by atoms with Crippen LogP contribution in [0.3, 0.4) is 0 Å². The molecule has 0 saturated heterocycles. The third kappa shape index (κ3) is 4.31. The van der Waals surface area contributed by atoms with E-state index in [1.165, 1.54) is 17.2 Å². The summed E-state index contributed by atoms with van der Waals surface area (Å²) >= 11 is 0. The van der Waals surface area contributed by atoms with Crippen LogP contribution in [0, 0.1) is 17.3 Å². The number of carboxylic acids is 1. The van der Waals surface area contributed by atoms with Gasteiger partial charge in [0.2, 0.25) is 0 Å². The predicted molar refractivity (Wildman–Crippen MR) is 128 cm³/mol. The Balaban J connectivity index is 1.35. The maximum atomic E-state index is 13.3. The lowest BCUT2D eigenvalue weighted by molar-refractivity contribution is -0.138. The maximum absolute atomic E-state index is 13.3. The number of aryl methyl sites for hydroxylation is 1. The van der Waals surface area contributed by atoms with Crippen LogP contribution in [-0.4, -0.2) is 28.5 Å². The van der Waals surface area contributed by atoms with E-state index < -0.39 is 17.7 Å². The number of rotatable bonds is 5. The van der Waals surface area contributed by atoms with E-state index in [1.54, 1.807) is 6.20 Å². The highest BCUT2D eigenvalue weighted by molar-refractivity contribution is 5.94. The van der Waals surface area contributed by atoms with Gasteiger partial charge in [-0.25, -0.2) is 0 Å². The number of carbonyl (C=O) groups is 2. The molecule has 8 heteroatoms. The molecular weight excluding hydrogens is 469 g/mol. The van der Waals surface area contributed by atoms with E-state index >= 15 is 0 Å². The summed E-state index contributed by atoms with van der Waals surface area (Å²) in [7, 11) is 0. The Morgan fingerprint density at radius 2 is 2.00 bits per heavy atom. The zero-order valence-electron chi connectivity index (χ0n) is 20.1. The van der Waals surface area contributed by atoms with Gasteiger partial charge in [-0.3, -0.25) is 14.6 Å². The van der Waals surface area contributed by atoms with Crippen LogP contribution in [0.15, 0.2) is 42.7 Å². The number of aliphatic carboxylic acids is 1. The highest BCUT2D eigenvalue weighted by atomic mass is 19.4. The zero-order valence-corrected chi connectivity index (χ0v) is 20.1. The van der Waals surface area contributed by atoms with Crippen LogP contribution >= 0.6 is 0 Å². The number of amides is 1. The molecule has 0 spiro atoms. The number of fused-ring (bicyclic) bond motifs is 5. The summed E-state index contributed by atoms with van der Waals surface area (Å²) in [5, 5.41) is 11.4. The first-order chi connectivity index (χ1) is 17.1. The largest absolute Gasteiger partial charge is 0.481 e. The number of hydrogen-bond acceptors (Lipinski definition) is 3. The number of pyridine rings is 1. The third-order valence-electron chi connectivity index (χ3n) is 8.57. The molecule has 1 saturated carbocycles. The molecule has 0 bridgehead atoms. The molecule has 3 aliphatic rings. The molecule has 1 fully saturated rings. The van der Waals surface area contributed by atoms with Gasteiger partial charge in [0.05, 0.1) is 12.0 Å². The quantitative estimate of drug-likeness (QED) is 0.542. The molecule has 3 aliphatic carbocycles. The zero-order chi connectivity index (χ0) is 25.7. The van der Waals surface area contributed by atoms with E-state index in [9.17, 15) is 22.8 Å². The molecule has 1 heterocycles. The second kappa shape index (κ2) is 9.05. The van der Waals surface area contributed by atoms with E-state index in [4.69, 9.17) is 5.11 Å². The Bertz CT molecular complexity index is 1240. The monoisotopic (exact) mass is 498 g/mol. The molecule has 1 amide bonds. The van der Waals surface area contributed by atoms with Crippen LogP contribution in [0.1, 0.15) is 77.6 Å². The number of nitrogens with one attached hydrogen (secondary N) is 1. The fraction of sp³-hybridized carbons (Fsp3) is 0.464.